The molecule has 0 aliphatic heterocycles. The molecule has 0 saturated heterocycles. The van der Waals surface area contributed by atoms with Crippen LogP contribution in [-0.4, -0.2) is 29.8 Å². The Morgan fingerprint density at radius 2 is 1.91 bits per heavy atom. The molecule has 3 nitrogen and oxygen atoms in total. The predicted molar refractivity (Wildman–Crippen MR) is 100 cm³/mol. The van der Waals surface area contributed by atoms with Gasteiger partial charge in [-0.05, 0) is 36.5 Å². The van der Waals surface area contributed by atoms with Crippen molar-refractivity contribution in [3.63, 3.8) is 0 Å². The van der Waals surface area contributed by atoms with E-state index in [1.54, 1.807) is 0 Å². The Morgan fingerprint density at radius 3 is 2.57 bits per heavy atom. The predicted octanol–water partition coefficient (Wildman–Crippen LogP) is 4.74. The number of hydrogen-bond acceptors (Lipinski definition) is 2. The average Bonchev–Trinajstić information content (AvgIpc) is 3.01. The zero-order valence-electron chi connectivity index (χ0n) is 15.1. The minimum Gasteiger partial charge on any atom is -0.394 e. The van der Waals surface area contributed by atoms with Crippen LogP contribution in [-0.2, 0) is 6.42 Å². The summed E-state index contributed by atoms with van der Waals surface area (Å²) in [5, 5.41) is 11.0. The molecule has 0 fully saturated rings. The van der Waals surface area contributed by atoms with Gasteiger partial charge in [-0.3, -0.25) is 0 Å². The number of nitrogens with zero attached hydrogens (tertiary/aromatic N) is 1. The van der Waals surface area contributed by atoms with Crippen molar-refractivity contribution >= 4 is 16.6 Å². The SMILES string of the molecule is CCCCCCc1ccc(N(C)[C@H](CO)C(C)C)c2cc[nH]c12. The van der Waals surface area contributed by atoms with Gasteiger partial charge in [0.15, 0.2) is 0 Å². The first kappa shape index (κ1) is 17.9. The molecular weight excluding hydrogens is 284 g/mol. The largest absolute Gasteiger partial charge is 0.394 e. The monoisotopic (exact) mass is 316 g/mol. The minimum atomic E-state index is 0.142. The highest BCUT2D eigenvalue weighted by Crippen LogP contribution is 2.31. The van der Waals surface area contributed by atoms with Crippen LogP contribution in [0.3, 0.4) is 0 Å². The number of benzene rings is 1. The van der Waals surface area contributed by atoms with E-state index < -0.39 is 0 Å². The second-order valence-electron chi connectivity index (χ2n) is 6.93. The standard InChI is InChI=1S/C20H32N2O/c1-5-6-7-8-9-16-10-11-18(17-12-13-21-20(16)17)22(4)19(14-23)15(2)3/h10-13,15,19,21,23H,5-9,14H2,1-4H3/t19-/m1/s1. The van der Waals surface area contributed by atoms with Crippen LogP contribution in [0.2, 0.25) is 0 Å². The Labute approximate surface area is 140 Å². The molecule has 0 aliphatic rings. The summed E-state index contributed by atoms with van der Waals surface area (Å²) in [6, 6.07) is 6.77. The zero-order valence-corrected chi connectivity index (χ0v) is 15.1. The van der Waals surface area contributed by atoms with E-state index in [9.17, 15) is 5.11 Å². The highest BCUT2D eigenvalue weighted by atomic mass is 16.3. The van der Waals surface area contributed by atoms with E-state index in [-0.39, 0.29) is 12.6 Å². The van der Waals surface area contributed by atoms with Crippen molar-refractivity contribution in [2.24, 2.45) is 5.92 Å². The van der Waals surface area contributed by atoms with Crippen molar-refractivity contribution in [3.05, 3.63) is 30.0 Å². The summed E-state index contributed by atoms with van der Waals surface area (Å²) < 4.78 is 0. The van der Waals surface area contributed by atoms with Crippen molar-refractivity contribution in [1.29, 1.82) is 0 Å². The van der Waals surface area contributed by atoms with Gasteiger partial charge in [0.1, 0.15) is 0 Å². The fraction of sp³-hybridized carbons (Fsp3) is 0.600. The summed E-state index contributed by atoms with van der Waals surface area (Å²) in [6.07, 6.45) is 8.32. The molecule has 1 atom stereocenters. The Kier molecular flexibility index (Phi) is 6.52. The van der Waals surface area contributed by atoms with Crippen LogP contribution in [0.5, 0.6) is 0 Å². The molecule has 0 amide bonds. The smallest absolute Gasteiger partial charge is 0.0637 e. The van der Waals surface area contributed by atoms with Gasteiger partial charge in [0.25, 0.3) is 0 Å². The number of aromatic amines is 1. The van der Waals surface area contributed by atoms with Gasteiger partial charge in [-0.25, -0.2) is 0 Å². The molecule has 2 N–H and O–H groups in total. The van der Waals surface area contributed by atoms with Crippen LogP contribution in [0.1, 0.15) is 52.0 Å². The molecule has 2 rings (SSSR count). The third-order valence-electron chi connectivity index (χ3n) is 4.92. The summed E-state index contributed by atoms with van der Waals surface area (Å²) in [5.41, 5.74) is 3.86. The molecule has 0 spiro atoms. The lowest BCUT2D eigenvalue weighted by atomic mass is 10.00. The summed E-state index contributed by atoms with van der Waals surface area (Å²) in [4.78, 5) is 5.65. The number of unbranched alkanes of at least 4 members (excludes halogenated alkanes) is 3. The van der Waals surface area contributed by atoms with Crippen LogP contribution in [0.15, 0.2) is 24.4 Å². The molecule has 1 aromatic carbocycles. The summed E-state index contributed by atoms with van der Waals surface area (Å²) in [5.74, 6) is 0.410. The Balaban J connectivity index is 2.25. The lowest BCUT2D eigenvalue weighted by Crippen LogP contribution is -2.39. The normalized spacial score (nSPS) is 13.0. The van der Waals surface area contributed by atoms with Crippen molar-refractivity contribution in [1.82, 2.24) is 4.98 Å². The number of nitrogens with one attached hydrogen (secondary N) is 1. The number of aromatic nitrogens is 1. The molecular formula is C20H32N2O. The fourth-order valence-electron chi connectivity index (χ4n) is 3.42. The fourth-order valence-corrected chi connectivity index (χ4v) is 3.42. The molecule has 0 radical (unpaired) electrons. The van der Waals surface area contributed by atoms with Gasteiger partial charge >= 0.3 is 0 Å². The zero-order chi connectivity index (χ0) is 16.8. The van der Waals surface area contributed by atoms with E-state index in [4.69, 9.17) is 0 Å². The van der Waals surface area contributed by atoms with Gasteiger partial charge in [0.05, 0.1) is 18.2 Å². The van der Waals surface area contributed by atoms with E-state index in [1.165, 1.54) is 47.8 Å². The number of fused-ring (bicyclic) bond motifs is 1. The molecule has 0 unspecified atom stereocenters. The number of rotatable bonds is 9. The number of aliphatic hydroxyl groups is 1. The van der Waals surface area contributed by atoms with E-state index in [0.717, 1.165) is 6.42 Å². The van der Waals surface area contributed by atoms with Gasteiger partial charge in [-0.2, -0.15) is 0 Å². The van der Waals surface area contributed by atoms with Gasteiger partial charge in [0.2, 0.25) is 0 Å². The van der Waals surface area contributed by atoms with Gasteiger partial charge in [-0.15, -0.1) is 0 Å². The van der Waals surface area contributed by atoms with Crippen molar-refractivity contribution in [3.8, 4) is 0 Å². The topological polar surface area (TPSA) is 39.3 Å². The lowest BCUT2D eigenvalue weighted by Gasteiger charge is -2.32. The third-order valence-corrected chi connectivity index (χ3v) is 4.92. The molecule has 3 heteroatoms. The molecule has 0 saturated carbocycles. The summed E-state index contributed by atoms with van der Waals surface area (Å²) in [7, 11) is 2.09. The second kappa shape index (κ2) is 8.39. The van der Waals surface area contributed by atoms with E-state index in [1.807, 2.05) is 6.20 Å². The van der Waals surface area contributed by atoms with E-state index in [0.29, 0.717) is 5.92 Å². The number of anilines is 1. The Bertz CT molecular complexity index is 603. The summed E-state index contributed by atoms with van der Waals surface area (Å²) >= 11 is 0. The number of likely N-dealkylation sites (N-methyl/N-ethyl adjacent to an activating group) is 1. The highest BCUT2D eigenvalue weighted by Gasteiger charge is 2.20. The molecule has 2 aromatic rings. The average molecular weight is 316 g/mol. The quantitative estimate of drug-likeness (QED) is 0.656. The number of H-pyrrole nitrogens is 1. The van der Waals surface area contributed by atoms with E-state index in [2.05, 4.69) is 55.9 Å². The lowest BCUT2D eigenvalue weighted by molar-refractivity contribution is 0.234. The first-order valence-electron chi connectivity index (χ1n) is 9.02. The molecule has 1 heterocycles. The minimum absolute atomic E-state index is 0.142. The first-order valence-corrected chi connectivity index (χ1v) is 9.02. The number of aliphatic hydroxyl groups excluding tert-OH is 1. The second-order valence-corrected chi connectivity index (χ2v) is 6.93. The van der Waals surface area contributed by atoms with Crippen LogP contribution in [0, 0.1) is 5.92 Å². The third kappa shape index (κ3) is 4.08. The van der Waals surface area contributed by atoms with Crippen LogP contribution in [0.4, 0.5) is 5.69 Å². The maximum absolute atomic E-state index is 9.72. The molecule has 0 bridgehead atoms. The maximum Gasteiger partial charge on any atom is 0.0637 e. The molecule has 1 aromatic heterocycles. The molecule has 128 valence electrons. The molecule has 23 heavy (non-hydrogen) atoms. The van der Waals surface area contributed by atoms with Gasteiger partial charge in [-0.1, -0.05) is 46.1 Å². The van der Waals surface area contributed by atoms with Gasteiger partial charge in [0, 0.05) is 24.3 Å². The number of aryl methyl sites for hydroxylation is 1. The van der Waals surface area contributed by atoms with Crippen LogP contribution in [0.25, 0.3) is 10.9 Å². The van der Waals surface area contributed by atoms with E-state index >= 15 is 0 Å². The van der Waals surface area contributed by atoms with Crippen LogP contribution >= 0.6 is 0 Å². The Morgan fingerprint density at radius 1 is 1.13 bits per heavy atom. The first-order chi connectivity index (χ1) is 11.1. The van der Waals surface area contributed by atoms with Crippen molar-refractivity contribution in [2.45, 2.75) is 58.9 Å². The van der Waals surface area contributed by atoms with Crippen molar-refractivity contribution < 1.29 is 5.11 Å². The van der Waals surface area contributed by atoms with Gasteiger partial charge < -0.3 is 15.0 Å². The molecule has 0 aliphatic carbocycles. The summed E-state index contributed by atoms with van der Waals surface area (Å²) in [6.45, 7) is 6.75. The Hall–Kier alpha value is -1.48. The van der Waals surface area contributed by atoms with Crippen LogP contribution < -0.4 is 4.90 Å². The highest BCUT2D eigenvalue weighted by molar-refractivity contribution is 5.94. The maximum atomic E-state index is 9.72. The van der Waals surface area contributed by atoms with Crippen molar-refractivity contribution in [2.75, 3.05) is 18.6 Å². The number of hydrogen-bond donors (Lipinski definition) is 2.